The highest BCUT2D eigenvalue weighted by Crippen LogP contribution is 2.42. The van der Waals surface area contributed by atoms with Gasteiger partial charge in [-0.3, -0.25) is 14.5 Å². The molecule has 232 valence electrons. The maximum Gasteiger partial charge on any atom is 0.341 e. The Balaban J connectivity index is 0.975. The molecule has 1 aromatic heterocycles. The molecule has 0 spiro atoms. The van der Waals surface area contributed by atoms with E-state index in [2.05, 4.69) is 9.80 Å². The summed E-state index contributed by atoms with van der Waals surface area (Å²) < 4.78 is 14.0. The summed E-state index contributed by atoms with van der Waals surface area (Å²) in [6, 6.07) is 15.5. The first-order chi connectivity index (χ1) is 21.7. The number of aromatic carboxylic acids is 1. The van der Waals surface area contributed by atoms with Crippen LogP contribution in [0.3, 0.4) is 0 Å². The SMILES string of the molecule is O=C1C[C@@H](c2ccc(O)cc2)Oc2cc(OCCN3CCN(c4ccc5c(=O)c(C(=O)O)cn(C6CC6)c5c4)CC3)cc(O)c21. The summed E-state index contributed by atoms with van der Waals surface area (Å²) in [6.45, 7) is 4.20. The fourth-order valence-electron chi connectivity index (χ4n) is 6.24. The molecule has 0 bridgehead atoms. The molecule has 1 saturated carbocycles. The lowest BCUT2D eigenvalue weighted by Crippen LogP contribution is -2.47. The van der Waals surface area contributed by atoms with Crippen molar-refractivity contribution in [1.29, 1.82) is 0 Å². The zero-order chi connectivity index (χ0) is 31.2. The number of phenolic OH excluding ortho intramolecular Hbond substituents is 2. The van der Waals surface area contributed by atoms with E-state index in [1.165, 1.54) is 12.3 Å². The lowest BCUT2D eigenvalue weighted by molar-refractivity contribution is 0.0694. The van der Waals surface area contributed by atoms with Crippen LogP contribution in [-0.2, 0) is 0 Å². The number of carboxylic acid groups (broad SMARTS) is 1. The zero-order valence-electron chi connectivity index (χ0n) is 24.5. The Labute approximate surface area is 258 Å². The van der Waals surface area contributed by atoms with Crippen LogP contribution in [0.2, 0.25) is 0 Å². The zero-order valence-corrected chi connectivity index (χ0v) is 24.5. The third-order valence-electron chi connectivity index (χ3n) is 8.84. The number of aromatic hydroxyl groups is 2. The number of anilines is 1. The van der Waals surface area contributed by atoms with Crippen LogP contribution in [0.1, 0.15) is 57.7 Å². The third-order valence-corrected chi connectivity index (χ3v) is 8.84. The van der Waals surface area contributed by atoms with Crippen LogP contribution < -0.4 is 19.8 Å². The predicted molar refractivity (Wildman–Crippen MR) is 166 cm³/mol. The fraction of sp³-hybridized carbons (Fsp3) is 0.324. The normalized spacial score (nSPS) is 18.4. The number of pyridine rings is 1. The number of fused-ring (bicyclic) bond motifs is 2. The van der Waals surface area contributed by atoms with E-state index >= 15 is 0 Å². The molecule has 11 nitrogen and oxygen atoms in total. The molecular formula is C34H33N3O8. The fourth-order valence-corrected chi connectivity index (χ4v) is 6.24. The number of nitrogens with zero attached hydrogens (tertiary/aromatic N) is 3. The molecule has 3 aromatic carbocycles. The summed E-state index contributed by atoms with van der Waals surface area (Å²) in [5, 5.41) is 30.1. The number of hydrogen-bond acceptors (Lipinski definition) is 9. The van der Waals surface area contributed by atoms with Crippen molar-refractivity contribution in [3.63, 3.8) is 0 Å². The van der Waals surface area contributed by atoms with Crippen LogP contribution in [0.4, 0.5) is 5.69 Å². The Kier molecular flexibility index (Phi) is 7.33. The number of benzene rings is 3. The second-order valence-electron chi connectivity index (χ2n) is 11.8. The number of hydrogen-bond donors (Lipinski definition) is 3. The van der Waals surface area contributed by atoms with Crippen molar-refractivity contribution in [3.8, 4) is 23.0 Å². The van der Waals surface area contributed by atoms with Crippen molar-refractivity contribution in [2.45, 2.75) is 31.4 Å². The second kappa shape index (κ2) is 11.5. The van der Waals surface area contributed by atoms with Gasteiger partial charge < -0.3 is 34.3 Å². The first kappa shape index (κ1) is 28.7. The molecule has 1 atom stereocenters. The van der Waals surface area contributed by atoms with E-state index in [1.54, 1.807) is 36.4 Å². The Morgan fingerprint density at radius 2 is 1.71 bits per heavy atom. The van der Waals surface area contributed by atoms with Crippen molar-refractivity contribution in [1.82, 2.24) is 9.47 Å². The summed E-state index contributed by atoms with van der Waals surface area (Å²) in [4.78, 5) is 41.8. The summed E-state index contributed by atoms with van der Waals surface area (Å²) in [5.41, 5.74) is 2.04. The minimum absolute atomic E-state index is 0.0859. The molecule has 1 aliphatic carbocycles. The van der Waals surface area contributed by atoms with Crippen LogP contribution in [-0.4, -0.2) is 75.9 Å². The number of carbonyl (C=O) groups is 2. The van der Waals surface area contributed by atoms with Gasteiger partial charge >= 0.3 is 5.97 Å². The first-order valence-electron chi connectivity index (χ1n) is 15.1. The number of Topliss-reactive ketones (excluding diaryl/α,β-unsaturated/α-hetero) is 1. The maximum atomic E-state index is 12.8. The van der Waals surface area contributed by atoms with Crippen molar-refractivity contribution >= 4 is 28.3 Å². The number of aromatic nitrogens is 1. The number of phenols is 2. The van der Waals surface area contributed by atoms with E-state index in [4.69, 9.17) is 9.47 Å². The maximum absolute atomic E-state index is 12.8. The van der Waals surface area contributed by atoms with Gasteiger partial charge in [-0.25, -0.2) is 4.79 Å². The Hall–Kier alpha value is -5.03. The molecule has 7 rings (SSSR count). The van der Waals surface area contributed by atoms with Crippen LogP contribution in [0.15, 0.2) is 65.6 Å². The van der Waals surface area contributed by atoms with Crippen molar-refractivity contribution < 1.29 is 34.4 Å². The predicted octanol–water partition coefficient (Wildman–Crippen LogP) is 4.35. The average Bonchev–Trinajstić information content (AvgIpc) is 3.87. The van der Waals surface area contributed by atoms with Gasteiger partial charge in [-0.1, -0.05) is 12.1 Å². The number of carbonyl (C=O) groups excluding carboxylic acids is 1. The van der Waals surface area contributed by atoms with Crippen molar-refractivity contribution in [3.05, 3.63) is 87.7 Å². The number of ether oxygens (including phenoxy) is 2. The summed E-state index contributed by atoms with van der Waals surface area (Å²) in [7, 11) is 0. The second-order valence-corrected chi connectivity index (χ2v) is 11.8. The molecule has 0 unspecified atom stereocenters. The van der Waals surface area contributed by atoms with E-state index in [0.29, 0.717) is 24.3 Å². The summed E-state index contributed by atoms with van der Waals surface area (Å²) in [6.07, 6.45) is 2.99. The van der Waals surface area contributed by atoms with Gasteiger partial charge in [0.2, 0.25) is 5.43 Å². The van der Waals surface area contributed by atoms with E-state index in [9.17, 15) is 29.7 Å². The summed E-state index contributed by atoms with van der Waals surface area (Å²) in [5.74, 6) is -0.785. The van der Waals surface area contributed by atoms with Crippen molar-refractivity contribution in [2.24, 2.45) is 0 Å². The quantitative estimate of drug-likeness (QED) is 0.263. The van der Waals surface area contributed by atoms with Crippen molar-refractivity contribution in [2.75, 3.05) is 44.2 Å². The van der Waals surface area contributed by atoms with Gasteiger partial charge in [-0.05, 0) is 48.7 Å². The van der Waals surface area contributed by atoms with Gasteiger partial charge in [0.1, 0.15) is 46.8 Å². The van der Waals surface area contributed by atoms with Crippen LogP contribution >= 0.6 is 0 Å². The van der Waals surface area contributed by atoms with E-state index in [1.807, 2.05) is 16.7 Å². The van der Waals surface area contributed by atoms with Gasteiger partial charge in [-0.2, -0.15) is 0 Å². The standard InChI is InChI=1S/C34H33N3O8/c38-23-6-1-20(2-7-23)30-18-29(40)32-28(39)16-24(17-31(32)45-30)44-14-13-35-9-11-36(12-10-35)22-5-8-25-27(15-22)37(21-3-4-21)19-26(33(25)41)34(42)43/h1-2,5-8,15-17,19,21,30,38-39H,3-4,9-14,18H2,(H,42,43)/t30-/m0/s1. The highest BCUT2D eigenvalue weighted by molar-refractivity contribution is 6.02. The number of carboxylic acids is 1. The lowest BCUT2D eigenvalue weighted by Gasteiger charge is -2.36. The molecule has 0 radical (unpaired) electrons. The molecule has 3 N–H and O–H groups in total. The Morgan fingerprint density at radius 3 is 2.42 bits per heavy atom. The molecule has 45 heavy (non-hydrogen) atoms. The van der Waals surface area contributed by atoms with Crippen LogP contribution in [0.25, 0.3) is 10.9 Å². The third kappa shape index (κ3) is 5.66. The largest absolute Gasteiger partial charge is 0.508 e. The lowest BCUT2D eigenvalue weighted by atomic mass is 9.95. The average molecular weight is 612 g/mol. The molecule has 2 aliphatic heterocycles. The van der Waals surface area contributed by atoms with E-state index in [0.717, 1.165) is 55.8 Å². The first-order valence-corrected chi connectivity index (χ1v) is 15.1. The molecular weight excluding hydrogens is 578 g/mol. The molecule has 2 fully saturated rings. The molecule has 11 heteroatoms. The van der Waals surface area contributed by atoms with E-state index < -0.39 is 17.5 Å². The molecule has 1 saturated heterocycles. The highest BCUT2D eigenvalue weighted by Gasteiger charge is 2.31. The van der Waals surface area contributed by atoms with E-state index in [-0.39, 0.29) is 46.6 Å². The summed E-state index contributed by atoms with van der Waals surface area (Å²) >= 11 is 0. The highest BCUT2D eigenvalue weighted by atomic mass is 16.5. The molecule has 0 amide bonds. The molecule has 3 heterocycles. The minimum atomic E-state index is -1.20. The monoisotopic (exact) mass is 611 g/mol. The molecule has 4 aromatic rings. The van der Waals surface area contributed by atoms with Gasteiger partial charge in [0, 0.05) is 68.2 Å². The van der Waals surface area contributed by atoms with Gasteiger partial charge in [0.15, 0.2) is 5.78 Å². The number of ketones is 1. The topological polar surface area (TPSA) is 142 Å². The minimum Gasteiger partial charge on any atom is -0.508 e. The Morgan fingerprint density at radius 1 is 0.956 bits per heavy atom. The number of rotatable bonds is 8. The smallest absolute Gasteiger partial charge is 0.341 e. The number of piperazine rings is 1. The van der Waals surface area contributed by atoms with Crippen LogP contribution in [0, 0.1) is 0 Å². The van der Waals surface area contributed by atoms with Gasteiger partial charge in [0.25, 0.3) is 0 Å². The van der Waals surface area contributed by atoms with Gasteiger partial charge in [0.05, 0.1) is 11.9 Å². The Bertz CT molecular complexity index is 1860. The van der Waals surface area contributed by atoms with Crippen LogP contribution in [0.5, 0.6) is 23.0 Å². The molecule has 3 aliphatic rings. The van der Waals surface area contributed by atoms with Gasteiger partial charge in [-0.15, -0.1) is 0 Å².